The highest BCUT2D eigenvalue weighted by atomic mass is 35.5. The van der Waals surface area contributed by atoms with Gasteiger partial charge in [-0.3, -0.25) is 0 Å². The van der Waals surface area contributed by atoms with Gasteiger partial charge in [0.25, 0.3) is 0 Å². The lowest BCUT2D eigenvalue weighted by atomic mass is 10.00. The lowest BCUT2D eigenvalue weighted by Crippen LogP contribution is -2.23. The summed E-state index contributed by atoms with van der Waals surface area (Å²) >= 11 is 6.34. The van der Waals surface area contributed by atoms with Crippen LogP contribution in [0.25, 0.3) is 17.0 Å². The van der Waals surface area contributed by atoms with Gasteiger partial charge in [-0.05, 0) is 47.2 Å². The molecule has 0 atom stereocenters. The Kier molecular flexibility index (Phi) is 5.49. The minimum Gasteiger partial charge on any atom is -0.410 e. The predicted octanol–water partition coefficient (Wildman–Crippen LogP) is 3.42. The Bertz CT molecular complexity index is 1130. The first kappa shape index (κ1) is 20.6. The molecule has 0 saturated carbocycles. The number of aryl methyl sites for hydroxylation is 1. The van der Waals surface area contributed by atoms with E-state index in [1.54, 1.807) is 25.1 Å². The third kappa shape index (κ3) is 3.89. The molecule has 2 aromatic carbocycles. The van der Waals surface area contributed by atoms with Crippen LogP contribution in [0.3, 0.4) is 0 Å². The van der Waals surface area contributed by atoms with E-state index in [2.05, 4.69) is 10.4 Å². The van der Waals surface area contributed by atoms with Gasteiger partial charge >= 0.3 is 11.9 Å². The highest BCUT2D eigenvalue weighted by molar-refractivity contribution is 6.33. The number of nitrogens with two attached hydrogens (primary N) is 1. The normalized spacial score (nSPS) is 12.7. The molecule has 0 radical (unpaired) electrons. The number of hydrogen-bond acceptors (Lipinski definition) is 5. The first-order valence-electron chi connectivity index (χ1n) is 8.18. The van der Waals surface area contributed by atoms with E-state index in [0.717, 1.165) is 21.5 Å². The van der Waals surface area contributed by atoms with E-state index in [9.17, 15) is 18.0 Å². The third-order valence-electron chi connectivity index (χ3n) is 4.27. The van der Waals surface area contributed by atoms with Crippen LogP contribution >= 0.6 is 11.6 Å². The van der Waals surface area contributed by atoms with Crippen molar-refractivity contribution >= 4 is 22.9 Å². The second kappa shape index (κ2) is 7.72. The van der Waals surface area contributed by atoms with Gasteiger partial charge in [-0.2, -0.15) is 28.4 Å². The molecule has 1 heterocycles. The van der Waals surface area contributed by atoms with Crippen molar-refractivity contribution in [2.75, 3.05) is 0 Å². The lowest BCUT2D eigenvalue weighted by molar-refractivity contribution is -0.137. The van der Waals surface area contributed by atoms with Crippen molar-refractivity contribution in [1.29, 1.82) is 0 Å². The number of nitrogens with zero attached hydrogens (tertiary/aromatic N) is 4. The maximum atomic E-state index is 12.8. The summed E-state index contributed by atoms with van der Waals surface area (Å²) < 4.78 is 40.5. The van der Waals surface area contributed by atoms with Gasteiger partial charge in [0.2, 0.25) is 0 Å². The fourth-order valence-electron chi connectivity index (χ4n) is 2.75. The quantitative estimate of drug-likeness (QED) is 0.393. The second-order valence-electron chi connectivity index (χ2n) is 6.08. The molecule has 3 rings (SSSR count). The molecule has 0 saturated heterocycles. The van der Waals surface area contributed by atoms with E-state index >= 15 is 0 Å². The van der Waals surface area contributed by atoms with E-state index in [1.165, 1.54) is 19.2 Å². The summed E-state index contributed by atoms with van der Waals surface area (Å²) in [6.07, 6.45) is -4.45. The fourth-order valence-corrected chi connectivity index (χ4v) is 3.01. The number of rotatable bonds is 4. The molecule has 0 aliphatic rings. The molecule has 0 spiro atoms. The summed E-state index contributed by atoms with van der Waals surface area (Å²) in [4.78, 5) is 17.3. The molecule has 0 amide bonds. The number of hydrogen-bond donors (Lipinski definition) is 1. The average Bonchev–Trinajstić information content (AvgIpc) is 3.01. The van der Waals surface area contributed by atoms with E-state index in [4.69, 9.17) is 22.3 Å². The van der Waals surface area contributed by atoms with E-state index in [1.807, 2.05) is 0 Å². The number of halogens is 4. The Labute approximate surface area is 167 Å². The van der Waals surface area contributed by atoms with E-state index in [-0.39, 0.29) is 22.0 Å². The Morgan fingerprint density at radius 1 is 1.14 bits per heavy atom. The molecule has 152 valence electrons. The zero-order chi connectivity index (χ0) is 21.3. The fraction of sp³-hybridized carbons (Fsp3) is 0.167. The Hall–Kier alpha value is -3.11. The summed E-state index contributed by atoms with van der Waals surface area (Å²) in [5.74, 6) is 5.55. The van der Waals surface area contributed by atoms with Crippen LogP contribution < -0.4 is 11.6 Å². The SMILES string of the molecule is C/C(=C(\ON)c1c(Cl)cccc1-n1nnn(C)c1=O)c1ccc(C(F)(F)F)cc1. The number of benzene rings is 2. The van der Waals surface area contributed by atoms with Crippen molar-refractivity contribution < 1.29 is 18.0 Å². The smallest absolute Gasteiger partial charge is 0.410 e. The van der Waals surface area contributed by atoms with Crippen molar-refractivity contribution in [2.24, 2.45) is 12.9 Å². The van der Waals surface area contributed by atoms with Crippen molar-refractivity contribution in [2.45, 2.75) is 13.1 Å². The number of alkyl halides is 3. The van der Waals surface area contributed by atoms with Gasteiger partial charge in [0.15, 0.2) is 5.76 Å². The minimum absolute atomic E-state index is 0.0721. The topological polar surface area (TPSA) is 88.0 Å². The van der Waals surface area contributed by atoms with Crippen LogP contribution in [-0.2, 0) is 18.1 Å². The summed E-state index contributed by atoms with van der Waals surface area (Å²) in [5, 5.41) is 7.65. The standard InChI is InChI=1S/C18H15ClF3N5O2/c1-10(11-6-8-12(9-7-11)18(20,21)22)16(29-23)15-13(19)4-3-5-14(15)27-17(28)26(2)24-25-27/h3-9H,23H2,1-2H3/b16-10+. The van der Waals surface area contributed by atoms with Crippen LogP contribution in [0.4, 0.5) is 13.2 Å². The van der Waals surface area contributed by atoms with Gasteiger partial charge in [-0.15, -0.1) is 0 Å². The van der Waals surface area contributed by atoms with Crippen LogP contribution in [0, 0.1) is 0 Å². The molecule has 11 heteroatoms. The molecule has 0 aliphatic heterocycles. The van der Waals surface area contributed by atoms with Gasteiger partial charge in [0.1, 0.15) is 0 Å². The second-order valence-corrected chi connectivity index (χ2v) is 6.49. The van der Waals surface area contributed by atoms with Crippen LogP contribution in [0.15, 0.2) is 47.3 Å². The molecule has 0 unspecified atom stereocenters. The van der Waals surface area contributed by atoms with Gasteiger partial charge < -0.3 is 4.84 Å². The van der Waals surface area contributed by atoms with Crippen LogP contribution in [0.5, 0.6) is 0 Å². The first-order chi connectivity index (χ1) is 13.6. The van der Waals surface area contributed by atoms with Crippen molar-refractivity contribution in [3.05, 3.63) is 74.7 Å². The van der Waals surface area contributed by atoms with Crippen molar-refractivity contribution in [3.8, 4) is 5.69 Å². The lowest BCUT2D eigenvalue weighted by Gasteiger charge is -2.16. The largest absolute Gasteiger partial charge is 0.416 e. The molecule has 0 aliphatic carbocycles. The third-order valence-corrected chi connectivity index (χ3v) is 4.59. The molecule has 0 fully saturated rings. The minimum atomic E-state index is -4.45. The Morgan fingerprint density at radius 3 is 2.31 bits per heavy atom. The number of aromatic nitrogens is 4. The highest BCUT2D eigenvalue weighted by Crippen LogP contribution is 2.35. The summed E-state index contributed by atoms with van der Waals surface area (Å²) in [6, 6.07) is 9.22. The zero-order valence-electron chi connectivity index (χ0n) is 15.2. The van der Waals surface area contributed by atoms with Crippen LogP contribution in [0.1, 0.15) is 23.6 Å². The molecule has 1 aromatic heterocycles. The highest BCUT2D eigenvalue weighted by Gasteiger charge is 2.30. The Balaban J connectivity index is 2.20. The summed E-state index contributed by atoms with van der Waals surface area (Å²) in [6.45, 7) is 1.61. The molecule has 0 bridgehead atoms. The van der Waals surface area contributed by atoms with Gasteiger partial charge in [-0.1, -0.05) is 29.8 Å². The van der Waals surface area contributed by atoms with Gasteiger partial charge in [0.05, 0.1) is 21.8 Å². The summed E-state index contributed by atoms with van der Waals surface area (Å²) in [7, 11) is 1.43. The summed E-state index contributed by atoms with van der Waals surface area (Å²) in [5.41, 5.74) is 0.0215. The number of allylic oxidation sites excluding steroid dienone is 1. The maximum Gasteiger partial charge on any atom is 0.416 e. The van der Waals surface area contributed by atoms with E-state index < -0.39 is 17.4 Å². The molecular formula is C18H15ClF3N5O2. The first-order valence-corrected chi connectivity index (χ1v) is 8.56. The van der Waals surface area contributed by atoms with E-state index in [0.29, 0.717) is 11.1 Å². The van der Waals surface area contributed by atoms with Gasteiger partial charge in [-0.25, -0.2) is 4.79 Å². The predicted molar refractivity (Wildman–Crippen MR) is 101 cm³/mol. The maximum absolute atomic E-state index is 12.8. The number of tetrazole rings is 1. The molecule has 29 heavy (non-hydrogen) atoms. The molecule has 2 N–H and O–H groups in total. The van der Waals surface area contributed by atoms with Crippen LogP contribution in [0.2, 0.25) is 5.02 Å². The zero-order valence-corrected chi connectivity index (χ0v) is 16.0. The molecule has 7 nitrogen and oxygen atoms in total. The monoisotopic (exact) mass is 425 g/mol. The molecular weight excluding hydrogens is 411 g/mol. The van der Waals surface area contributed by atoms with Crippen molar-refractivity contribution in [1.82, 2.24) is 19.8 Å². The van der Waals surface area contributed by atoms with Crippen LogP contribution in [-0.4, -0.2) is 19.8 Å². The van der Waals surface area contributed by atoms with Gasteiger partial charge in [0, 0.05) is 12.6 Å². The molecule has 3 aromatic rings. The van der Waals surface area contributed by atoms with Crippen molar-refractivity contribution in [3.63, 3.8) is 0 Å². The average molecular weight is 426 g/mol. The Morgan fingerprint density at radius 2 is 1.79 bits per heavy atom.